The first-order valence-corrected chi connectivity index (χ1v) is 7.90. The van der Waals surface area contributed by atoms with Crippen LogP contribution < -0.4 is 0 Å². The van der Waals surface area contributed by atoms with Gasteiger partial charge in [-0.1, -0.05) is 43.2 Å². The molecule has 0 aromatic carbocycles. The van der Waals surface area contributed by atoms with Crippen molar-refractivity contribution < 1.29 is 5.48 Å². The minimum absolute atomic E-state index is 0. The third-order valence-corrected chi connectivity index (χ3v) is 3.00. The van der Waals surface area contributed by atoms with Gasteiger partial charge in [-0.2, -0.15) is 0 Å². The maximum absolute atomic E-state index is 2.06. The van der Waals surface area contributed by atoms with E-state index < -0.39 is 0 Å². The summed E-state index contributed by atoms with van der Waals surface area (Å²) in [7, 11) is 7.09. The molecule has 0 aromatic heterocycles. The van der Waals surface area contributed by atoms with Gasteiger partial charge in [0.05, 0.1) is 0 Å². The lowest BCUT2D eigenvalue weighted by Gasteiger charge is -1.69. The summed E-state index contributed by atoms with van der Waals surface area (Å²) in [4.78, 5) is 0. The maximum Gasteiger partial charge on any atom is -0.00793 e. The molecule has 0 atom stereocenters. The Hall–Kier alpha value is 1.36. The fraction of sp³-hybridized carbons (Fsp3) is 1.00. The Labute approximate surface area is 73.6 Å². The van der Waals surface area contributed by atoms with Crippen molar-refractivity contribution in [1.29, 1.82) is 0 Å². The Bertz CT molecular complexity index is 20.5. The molecule has 0 aliphatic heterocycles. The van der Waals surface area contributed by atoms with E-state index in [1.165, 1.54) is 0 Å². The van der Waals surface area contributed by atoms with Gasteiger partial charge in [-0.3, -0.25) is 0 Å². The summed E-state index contributed by atoms with van der Waals surface area (Å²) >= 11 is 0. The predicted octanol–water partition coefficient (Wildman–Crippen LogP) is 2.43. The SMILES string of the molecule is CSSC.CSSC.O. The third kappa shape index (κ3) is 44.9. The van der Waals surface area contributed by atoms with E-state index >= 15 is 0 Å². The lowest BCUT2D eigenvalue weighted by Crippen LogP contribution is -1.28. The molecular formula is C4H14OS4. The van der Waals surface area contributed by atoms with Gasteiger partial charge in [0.1, 0.15) is 0 Å². The van der Waals surface area contributed by atoms with Gasteiger partial charge in [0.25, 0.3) is 0 Å². The molecule has 0 aliphatic rings. The molecule has 1 nitrogen and oxygen atoms in total. The fourth-order valence-electron chi connectivity index (χ4n) is 0. The normalized spacial score (nSPS) is 6.67. The minimum Gasteiger partial charge on any atom is -0.412 e. The summed E-state index contributed by atoms with van der Waals surface area (Å²) in [5.74, 6) is 0. The number of rotatable bonds is 2. The highest BCUT2D eigenvalue weighted by atomic mass is 33.1. The molecule has 5 heteroatoms. The van der Waals surface area contributed by atoms with Crippen LogP contribution in [-0.2, 0) is 0 Å². The quantitative estimate of drug-likeness (QED) is 0.650. The Morgan fingerprint density at radius 1 is 0.556 bits per heavy atom. The summed E-state index contributed by atoms with van der Waals surface area (Å²) in [6, 6.07) is 0. The average Bonchev–Trinajstić information content (AvgIpc) is 1.88. The summed E-state index contributed by atoms with van der Waals surface area (Å²) in [6.07, 6.45) is 8.24. The Kier molecular flexibility index (Phi) is 42.4. The maximum atomic E-state index is 2.06. The van der Waals surface area contributed by atoms with Gasteiger partial charge in [-0.05, 0) is 25.0 Å². The lowest BCUT2D eigenvalue weighted by molar-refractivity contribution is 0.824. The van der Waals surface area contributed by atoms with Gasteiger partial charge >= 0.3 is 0 Å². The third-order valence-electron chi connectivity index (χ3n) is 0.333. The van der Waals surface area contributed by atoms with Crippen LogP contribution in [0.15, 0.2) is 0 Å². The van der Waals surface area contributed by atoms with Crippen molar-refractivity contribution in [1.82, 2.24) is 0 Å². The molecule has 9 heavy (non-hydrogen) atoms. The molecule has 0 bridgehead atoms. The fourth-order valence-corrected chi connectivity index (χ4v) is 0. The smallest absolute Gasteiger partial charge is 0.00793 e. The molecule has 0 aliphatic carbocycles. The zero-order chi connectivity index (χ0) is 6.83. The molecule has 60 valence electrons. The molecule has 2 N–H and O–H groups in total. The van der Waals surface area contributed by atoms with Gasteiger partial charge in [0, 0.05) is 0 Å². The summed E-state index contributed by atoms with van der Waals surface area (Å²) in [5, 5.41) is 0. The van der Waals surface area contributed by atoms with Crippen molar-refractivity contribution in [3.8, 4) is 0 Å². The van der Waals surface area contributed by atoms with Crippen LogP contribution in [0.4, 0.5) is 0 Å². The molecule has 0 fully saturated rings. The van der Waals surface area contributed by atoms with E-state index in [9.17, 15) is 0 Å². The molecule has 0 radical (unpaired) electrons. The van der Waals surface area contributed by atoms with Gasteiger partial charge in [0.2, 0.25) is 0 Å². The standard InChI is InChI=1S/2C2H6S2.H2O/c2*1-3-4-2;/h2*1-2H3;1H2. The van der Waals surface area contributed by atoms with Gasteiger partial charge in [-0.25, -0.2) is 0 Å². The molecule has 0 rings (SSSR count). The first-order valence-electron chi connectivity index (χ1n) is 1.97. The van der Waals surface area contributed by atoms with E-state index in [0.717, 1.165) is 0 Å². The molecule has 0 aromatic rings. The van der Waals surface area contributed by atoms with Crippen LogP contribution in [0.2, 0.25) is 0 Å². The molecule has 0 unspecified atom stereocenters. The second kappa shape index (κ2) is 22.8. The largest absolute Gasteiger partial charge is 0.412 e. The van der Waals surface area contributed by atoms with Crippen LogP contribution in [0.5, 0.6) is 0 Å². The van der Waals surface area contributed by atoms with E-state index in [-0.39, 0.29) is 5.48 Å². The average molecular weight is 206 g/mol. The van der Waals surface area contributed by atoms with Crippen LogP contribution in [-0.4, -0.2) is 30.5 Å². The molecule has 0 heterocycles. The molecule has 0 saturated heterocycles. The van der Waals surface area contributed by atoms with Crippen LogP contribution >= 0.6 is 43.2 Å². The summed E-state index contributed by atoms with van der Waals surface area (Å²) in [5.41, 5.74) is 0. The zero-order valence-electron chi connectivity index (χ0n) is 6.13. The van der Waals surface area contributed by atoms with Crippen LogP contribution in [0, 0.1) is 0 Å². The highest BCUT2D eigenvalue weighted by Crippen LogP contribution is 2.09. The van der Waals surface area contributed by atoms with E-state index in [4.69, 9.17) is 0 Å². The van der Waals surface area contributed by atoms with Gasteiger partial charge < -0.3 is 5.48 Å². The summed E-state index contributed by atoms with van der Waals surface area (Å²) < 4.78 is 0. The Morgan fingerprint density at radius 3 is 0.667 bits per heavy atom. The van der Waals surface area contributed by atoms with Crippen molar-refractivity contribution in [3.05, 3.63) is 0 Å². The highest BCUT2D eigenvalue weighted by molar-refractivity contribution is 8.76. The second-order valence-corrected chi connectivity index (χ2v) is 6.00. The first-order chi connectivity index (χ1) is 3.83. The second-order valence-electron chi connectivity index (χ2n) is 0.667. The lowest BCUT2D eigenvalue weighted by atomic mass is 12.0. The highest BCUT2D eigenvalue weighted by Gasteiger charge is 1.55. The Balaban J connectivity index is -0.0000000720. The molecule has 0 saturated carbocycles. The molecular weight excluding hydrogens is 192 g/mol. The van der Waals surface area contributed by atoms with Crippen molar-refractivity contribution in [3.63, 3.8) is 0 Å². The predicted molar refractivity (Wildman–Crippen MR) is 57.7 cm³/mol. The van der Waals surface area contributed by atoms with Crippen molar-refractivity contribution >= 4 is 43.2 Å². The number of hydrogen-bond acceptors (Lipinski definition) is 4. The van der Waals surface area contributed by atoms with E-state index in [0.29, 0.717) is 0 Å². The van der Waals surface area contributed by atoms with Gasteiger partial charge in [0.15, 0.2) is 0 Å². The van der Waals surface area contributed by atoms with E-state index in [1.54, 1.807) is 43.2 Å². The zero-order valence-corrected chi connectivity index (χ0v) is 9.40. The van der Waals surface area contributed by atoms with Crippen LogP contribution in [0.1, 0.15) is 0 Å². The monoisotopic (exact) mass is 206 g/mol. The van der Waals surface area contributed by atoms with Crippen LogP contribution in [0.3, 0.4) is 0 Å². The topological polar surface area (TPSA) is 31.5 Å². The van der Waals surface area contributed by atoms with E-state index in [1.807, 2.05) is 0 Å². The van der Waals surface area contributed by atoms with Crippen molar-refractivity contribution in [2.24, 2.45) is 0 Å². The first kappa shape index (κ1) is 16.8. The van der Waals surface area contributed by atoms with Crippen LogP contribution in [0.25, 0.3) is 0 Å². The molecule has 0 amide bonds. The van der Waals surface area contributed by atoms with E-state index in [2.05, 4.69) is 25.0 Å². The number of hydrogen-bond donors (Lipinski definition) is 0. The summed E-state index contributed by atoms with van der Waals surface area (Å²) in [6.45, 7) is 0. The molecule has 0 spiro atoms. The minimum atomic E-state index is 0. The van der Waals surface area contributed by atoms with Crippen molar-refractivity contribution in [2.75, 3.05) is 25.0 Å². The van der Waals surface area contributed by atoms with Crippen molar-refractivity contribution in [2.45, 2.75) is 0 Å². The Morgan fingerprint density at radius 2 is 0.667 bits per heavy atom. The van der Waals surface area contributed by atoms with Gasteiger partial charge in [-0.15, -0.1) is 0 Å².